The maximum absolute atomic E-state index is 12.7. The Kier molecular flexibility index (Phi) is 8.28. The van der Waals surface area contributed by atoms with Gasteiger partial charge >= 0.3 is 0 Å². The SMILES string of the molecule is CC1CCC(NC(=O)C2CCC(Cl)NC2)CC1NC1NCCC(C2CCCNC2)N1. The third kappa shape index (κ3) is 6.08. The second-order valence-corrected chi connectivity index (χ2v) is 10.5. The van der Waals surface area contributed by atoms with E-state index in [9.17, 15) is 4.79 Å². The van der Waals surface area contributed by atoms with E-state index in [1.54, 1.807) is 0 Å². The van der Waals surface area contributed by atoms with E-state index in [-0.39, 0.29) is 29.7 Å². The number of piperidine rings is 2. The third-order valence-corrected chi connectivity index (χ3v) is 8.11. The molecule has 4 fully saturated rings. The number of nitrogens with one attached hydrogen (secondary N) is 6. The van der Waals surface area contributed by atoms with Crippen LogP contribution in [0.25, 0.3) is 0 Å². The van der Waals surface area contributed by atoms with Crippen LogP contribution in [0.15, 0.2) is 0 Å². The van der Waals surface area contributed by atoms with Crippen LogP contribution in [0.5, 0.6) is 0 Å². The van der Waals surface area contributed by atoms with Gasteiger partial charge in [0.25, 0.3) is 0 Å². The minimum absolute atomic E-state index is 0.0156. The molecule has 3 aliphatic heterocycles. The molecule has 1 amide bonds. The van der Waals surface area contributed by atoms with Crippen LogP contribution in [0, 0.1) is 17.8 Å². The lowest BCUT2D eigenvalue weighted by Gasteiger charge is -2.43. The molecule has 7 nitrogen and oxygen atoms in total. The molecule has 172 valence electrons. The molecule has 3 saturated heterocycles. The number of carbonyl (C=O) groups excluding carboxylic acids is 1. The van der Waals surface area contributed by atoms with Gasteiger partial charge in [0.1, 0.15) is 6.29 Å². The zero-order valence-corrected chi connectivity index (χ0v) is 19.1. The molecule has 1 aliphatic carbocycles. The van der Waals surface area contributed by atoms with Gasteiger partial charge in [-0.25, -0.2) is 0 Å². The minimum atomic E-state index is 0.0156. The maximum Gasteiger partial charge on any atom is 0.224 e. The van der Waals surface area contributed by atoms with Crippen molar-refractivity contribution in [1.82, 2.24) is 31.9 Å². The van der Waals surface area contributed by atoms with Gasteiger partial charge in [0.15, 0.2) is 0 Å². The van der Waals surface area contributed by atoms with Gasteiger partial charge in [-0.15, -0.1) is 11.6 Å². The molecular weight excluding hydrogens is 400 g/mol. The molecule has 4 aliphatic rings. The van der Waals surface area contributed by atoms with Crippen molar-refractivity contribution in [1.29, 1.82) is 0 Å². The Morgan fingerprint density at radius 3 is 2.67 bits per heavy atom. The summed E-state index contributed by atoms with van der Waals surface area (Å²) in [6.07, 6.45) is 8.94. The van der Waals surface area contributed by atoms with Crippen molar-refractivity contribution in [3.63, 3.8) is 0 Å². The van der Waals surface area contributed by atoms with Crippen LogP contribution in [0.3, 0.4) is 0 Å². The number of carbonyl (C=O) groups is 1. The average molecular weight is 441 g/mol. The molecule has 1 saturated carbocycles. The van der Waals surface area contributed by atoms with Crippen molar-refractivity contribution in [3.8, 4) is 0 Å². The molecule has 6 N–H and O–H groups in total. The van der Waals surface area contributed by atoms with Gasteiger partial charge in [-0.1, -0.05) is 6.92 Å². The Labute approximate surface area is 186 Å². The van der Waals surface area contributed by atoms with Crippen molar-refractivity contribution in [3.05, 3.63) is 0 Å². The molecule has 4 rings (SSSR count). The summed E-state index contributed by atoms with van der Waals surface area (Å²) in [5, 5.41) is 21.4. The first-order chi connectivity index (χ1) is 14.6. The highest BCUT2D eigenvalue weighted by Crippen LogP contribution is 2.26. The van der Waals surface area contributed by atoms with Crippen LogP contribution in [-0.4, -0.2) is 62.0 Å². The monoisotopic (exact) mass is 440 g/mol. The van der Waals surface area contributed by atoms with E-state index in [4.69, 9.17) is 11.6 Å². The Balaban J connectivity index is 1.25. The maximum atomic E-state index is 12.7. The lowest BCUT2D eigenvalue weighted by Crippen LogP contribution is -2.66. The van der Waals surface area contributed by atoms with E-state index in [1.807, 2.05) is 0 Å². The lowest BCUT2D eigenvalue weighted by atomic mass is 9.82. The van der Waals surface area contributed by atoms with Crippen LogP contribution < -0.4 is 31.9 Å². The Morgan fingerprint density at radius 2 is 1.90 bits per heavy atom. The van der Waals surface area contributed by atoms with Crippen molar-refractivity contribution in [2.45, 2.75) is 88.2 Å². The fraction of sp³-hybridized carbons (Fsp3) is 0.955. The quantitative estimate of drug-likeness (QED) is 0.283. The summed E-state index contributed by atoms with van der Waals surface area (Å²) < 4.78 is 0. The Morgan fingerprint density at radius 1 is 1.00 bits per heavy atom. The molecule has 0 aromatic rings. The minimum Gasteiger partial charge on any atom is -0.353 e. The number of halogens is 1. The van der Waals surface area contributed by atoms with Crippen LogP contribution in [0.1, 0.15) is 58.3 Å². The number of rotatable bonds is 5. The van der Waals surface area contributed by atoms with Gasteiger partial charge in [-0.3, -0.25) is 20.7 Å². The number of hydrogen-bond acceptors (Lipinski definition) is 6. The standard InChI is InChI=1S/C22H41ClN6O/c1-14-4-6-17(27-21(30)16-5-7-20(23)26-13-16)11-19(14)29-22-25-10-8-18(28-22)15-3-2-9-24-12-15/h14-20,22,24-26,28-29H,2-13H2,1H3,(H,27,30). The average Bonchev–Trinajstić information content (AvgIpc) is 2.77. The Hall–Kier alpha value is -0.440. The summed E-state index contributed by atoms with van der Waals surface area (Å²) in [7, 11) is 0. The van der Waals surface area contributed by atoms with Crippen molar-refractivity contribution < 1.29 is 4.79 Å². The summed E-state index contributed by atoms with van der Waals surface area (Å²) in [4.78, 5) is 12.7. The summed E-state index contributed by atoms with van der Waals surface area (Å²) >= 11 is 6.10. The van der Waals surface area contributed by atoms with Gasteiger partial charge in [0.05, 0.1) is 11.4 Å². The van der Waals surface area contributed by atoms with E-state index in [0.717, 1.165) is 51.1 Å². The fourth-order valence-corrected chi connectivity index (χ4v) is 5.92. The first-order valence-corrected chi connectivity index (χ1v) is 12.7. The number of amides is 1. The molecule has 0 radical (unpaired) electrons. The van der Waals surface area contributed by atoms with Gasteiger partial charge in [-0.2, -0.15) is 0 Å². The zero-order chi connectivity index (χ0) is 20.9. The summed E-state index contributed by atoms with van der Waals surface area (Å²) in [6.45, 7) is 6.40. The first-order valence-electron chi connectivity index (χ1n) is 12.2. The van der Waals surface area contributed by atoms with E-state index >= 15 is 0 Å². The topological polar surface area (TPSA) is 89.2 Å². The van der Waals surface area contributed by atoms with Gasteiger partial charge in [-0.05, 0) is 82.8 Å². The summed E-state index contributed by atoms with van der Waals surface area (Å²) in [5.74, 6) is 1.60. The van der Waals surface area contributed by atoms with Crippen molar-refractivity contribution >= 4 is 17.5 Å². The van der Waals surface area contributed by atoms with Crippen molar-refractivity contribution in [2.24, 2.45) is 17.8 Å². The normalized spacial score (nSPS) is 43.1. The molecule has 0 aromatic carbocycles. The molecule has 30 heavy (non-hydrogen) atoms. The van der Waals surface area contributed by atoms with Crippen LogP contribution >= 0.6 is 11.6 Å². The smallest absolute Gasteiger partial charge is 0.224 e. The first kappa shape index (κ1) is 22.7. The predicted molar refractivity (Wildman–Crippen MR) is 121 cm³/mol. The van der Waals surface area contributed by atoms with E-state index < -0.39 is 0 Å². The third-order valence-electron chi connectivity index (χ3n) is 7.74. The van der Waals surface area contributed by atoms with Gasteiger partial charge in [0, 0.05) is 24.7 Å². The molecule has 8 heteroatoms. The Bertz CT molecular complexity index is 552. The largest absolute Gasteiger partial charge is 0.353 e. The molecule has 0 spiro atoms. The van der Waals surface area contributed by atoms with Gasteiger partial charge in [0.2, 0.25) is 5.91 Å². The molecule has 3 heterocycles. The van der Waals surface area contributed by atoms with E-state index in [1.165, 1.54) is 25.8 Å². The van der Waals surface area contributed by atoms with Crippen LogP contribution in [-0.2, 0) is 4.79 Å². The second kappa shape index (κ2) is 10.9. The zero-order valence-electron chi connectivity index (χ0n) is 18.4. The van der Waals surface area contributed by atoms with Crippen LogP contribution in [0.4, 0.5) is 0 Å². The molecular formula is C22H41ClN6O. The highest BCUT2D eigenvalue weighted by atomic mass is 35.5. The van der Waals surface area contributed by atoms with Gasteiger partial charge < -0.3 is 16.0 Å². The lowest BCUT2D eigenvalue weighted by molar-refractivity contribution is -0.126. The summed E-state index contributed by atoms with van der Waals surface area (Å²) in [6, 6.07) is 1.26. The number of alkyl halides is 1. The highest BCUT2D eigenvalue weighted by molar-refractivity contribution is 6.20. The molecule has 8 unspecified atom stereocenters. The van der Waals surface area contributed by atoms with Crippen molar-refractivity contribution in [2.75, 3.05) is 26.2 Å². The molecule has 8 atom stereocenters. The highest BCUT2D eigenvalue weighted by Gasteiger charge is 2.34. The summed E-state index contributed by atoms with van der Waals surface area (Å²) in [5.41, 5.74) is 0.0156. The fourth-order valence-electron chi connectivity index (χ4n) is 5.70. The predicted octanol–water partition coefficient (Wildman–Crippen LogP) is 1.05. The van der Waals surface area contributed by atoms with E-state index in [0.29, 0.717) is 24.5 Å². The molecule has 0 aromatic heterocycles. The number of hydrogen-bond donors (Lipinski definition) is 6. The second-order valence-electron chi connectivity index (χ2n) is 9.97. The molecule has 0 bridgehead atoms. The van der Waals surface area contributed by atoms with Crippen LogP contribution in [0.2, 0.25) is 0 Å². The van der Waals surface area contributed by atoms with E-state index in [2.05, 4.69) is 38.8 Å².